The maximum absolute atomic E-state index is 12.6. The molecule has 1 unspecified atom stereocenters. The second-order valence-electron chi connectivity index (χ2n) is 5.80. The van der Waals surface area contributed by atoms with E-state index in [1.807, 2.05) is 0 Å². The summed E-state index contributed by atoms with van der Waals surface area (Å²) in [6, 6.07) is 1.37. The van der Waals surface area contributed by atoms with Gasteiger partial charge in [-0.3, -0.25) is 9.59 Å². The van der Waals surface area contributed by atoms with E-state index >= 15 is 0 Å². The van der Waals surface area contributed by atoms with Gasteiger partial charge in [-0.15, -0.1) is 0 Å². The van der Waals surface area contributed by atoms with Crippen molar-refractivity contribution in [2.75, 3.05) is 6.54 Å². The zero-order valence-electron chi connectivity index (χ0n) is 12.0. The Morgan fingerprint density at radius 1 is 1.14 bits per heavy atom. The normalized spacial score (nSPS) is 24.0. The average Bonchev–Trinajstić information content (AvgIpc) is 2.52. The van der Waals surface area contributed by atoms with Crippen LogP contribution in [0.5, 0.6) is 0 Å². The zero-order chi connectivity index (χ0) is 14.7. The van der Waals surface area contributed by atoms with Crippen LogP contribution in [0, 0.1) is 5.92 Å². The number of aromatic nitrogens is 2. The molecule has 2 aliphatic rings. The molecule has 6 nitrogen and oxygen atoms in total. The number of rotatable bonds is 3. The molecule has 1 aliphatic heterocycles. The van der Waals surface area contributed by atoms with Gasteiger partial charge in [-0.1, -0.05) is 19.3 Å². The molecule has 1 aromatic rings. The SMILES string of the molecule is O=C1CN(Cc2ncccn2)C(=O)C(C2CCCCC2)N1. The largest absolute Gasteiger partial charge is 0.342 e. The smallest absolute Gasteiger partial charge is 0.246 e. The van der Waals surface area contributed by atoms with Crippen LogP contribution in [-0.2, 0) is 16.1 Å². The van der Waals surface area contributed by atoms with Gasteiger partial charge in [0.25, 0.3) is 0 Å². The molecule has 2 amide bonds. The highest BCUT2D eigenvalue weighted by Gasteiger charge is 2.38. The van der Waals surface area contributed by atoms with Crippen LogP contribution < -0.4 is 5.32 Å². The Hall–Kier alpha value is -1.98. The van der Waals surface area contributed by atoms with E-state index in [0.717, 1.165) is 25.7 Å². The lowest BCUT2D eigenvalue weighted by molar-refractivity contribution is -0.147. The first-order valence-electron chi connectivity index (χ1n) is 7.58. The molecule has 1 atom stereocenters. The lowest BCUT2D eigenvalue weighted by Gasteiger charge is -2.37. The van der Waals surface area contributed by atoms with Crippen molar-refractivity contribution in [3.8, 4) is 0 Å². The van der Waals surface area contributed by atoms with E-state index in [-0.39, 0.29) is 30.3 Å². The van der Waals surface area contributed by atoms with Gasteiger partial charge in [0, 0.05) is 12.4 Å². The lowest BCUT2D eigenvalue weighted by Crippen LogP contribution is -2.60. The molecule has 1 saturated heterocycles. The van der Waals surface area contributed by atoms with E-state index in [9.17, 15) is 9.59 Å². The summed E-state index contributed by atoms with van der Waals surface area (Å²) in [7, 11) is 0. The minimum atomic E-state index is -0.365. The van der Waals surface area contributed by atoms with E-state index in [2.05, 4.69) is 15.3 Å². The molecule has 0 radical (unpaired) electrons. The van der Waals surface area contributed by atoms with Gasteiger partial charge in [0.15, 0.2) is 0 Å². The number of amides is 2. The summed E-state index contributed by atoms with van der Waals surface area (Å²) in [5, 5.41) is 2.88. The highest BCUT2D eigenvalue weighted by atomic mass is 16.2. The lowest BCUT2D eigenvalue weighted by atomic mass is 9.82. The summed E-state index contributed by atoms with van der Waals surface area (Å²) in [5.74, 6) is 0.771. The summed E-state index contributed by atoms with van der Waals surface area (Å²) in [5.41, 5.74) is 0. The molecule has 1 aliphatic carbocycles. The van der Waals surface area contributed by atoms with Crippen molar-refractivity contribution in [1.29, 1.82) is 0 Å². The number of carbonyl (C=O) groups is 2. The molecule has 6 heteroatoms. The van der Waals surface area contributed by atoms with Crippen molar-refractivity contribution >= 4 is 11.8 Å². The first-order valence-corrected chi connectivity index (χ1v) is 7.58. The Kier molecular flexibility index (Phi) is 4.13. The van der Waals surface area contributed by atoms with Crippen molar-refractivity contribution in [2.45, 2.75) is 44.7 Å². The standard InChI is InChI=1S/C15H20N4O2/c20-13-10-19(9-12-16-7-4-8-17-12)15(21)14(18-13)11-5-2-1-3-6-11/h4,7-8,11,14H,1-3,5-6,9-10H2,(H,18,20). The molecule has 1 aromatic heterocycles. The summed E-state index contributed by atoms with van der Waals surface area (Å²) >= 11 is 0. The molecular formula is C15H20N4O2. The maximum Gasteiger partial charge on any atom is 0.246 e. The number of nitrogens with one attached hydrogen (secondary N) is 1. The number of hydrogen-bond acceptors (Lipinski definition) is 4. The Morgan fingerprint density at radius 3 is 2.57 bits per heavy atom. The van der Waals surface area contributed by atoms with E-state index < -0.39 is 0 Å². The van der Waals surface area contributed by atoms with E-state index in [4.69, 9.17) is 0 Å². The molecule has 2 fully saturated rings. The van der Waals surface area contributed by atoms with Gasteiger partial charge in [-0.25, -0.2) is 9.97 Å². The minimum Gasteiger partial charge on any atom is -0.342 e. The Morgan fingerprint density at radius 2 is 1.86 bits per heavy atom. The second kappa shape index (κ2) is 6.20. The van der Waals surface area contributed by atoms with Gasteiger partial charge in [0.1, 0.15) is 18.4 Å². The quantitative estimate of drug-likeness (QED) is 0.896. The third-order valence-corrected chi connectivity index (χ3v) is 4.30. The van der Waals surface area contributed by atoms with Crippen LogP contribution in [0.25, 0.3) is 0 Å². The van der Waals surface area contributed by atoms with Crippen LogP contribution in [0.1, 0.15) is 37.9 Å². The zero-order valence-corrected chi connectivity index (χ0v) is 12.0. The molecule has 3 rings (SSSR count). The molecule has 2 heterocycles. The van der Waals surface area contributed by atoms with Crippen LogP contribution in [0.3, 0.4) is 0 Å². The predicted molar refractivity (Wildman–Crippen MR) is 76.0 cm³/mol. The van der Waals surface area contributed by atoms with Crippen LogP contribution in [-0.4, -0.2) is 39.3 Å². The Balaban J connectivity index is 1.72. The first kappa shape index (κ1) is 14.0. The molecule has 1 N–H and O–H groups in total. The van der Waals surface area contributed by atoms with Gasteiger partial charge in [-0.05, 0) is 24.8 Å². The molecule has 21 heavy (non-hydrogen) atoms. The fourth-order valence-electron chi connectivity index (χ4n) is 3.23. The first-order chi connectivity index (χ1) is 10.2. The number of piperazine rings is 1. The third-order valence-electron chi connectivity index (χ3n) is 4.30. The summed E-state index contributed by atoms with van der Waals surface area (Å²) in [6.45, 7) is 0.399. The molecular weight excluding hydrogens is 268 g/mol. The van der Waals surface area contributed by atoms with Crippen LogP contribution in [0.15, 0.2) is 18.5 Å². The molecule has 0 bridgehead atoms. The van der Waals surface area contributed by atoms with E-state index in [0.29, 0.717) is 12.4 Å². The number of hydrogen-bond donors (Lipinski definition) is 1. The van der Waals surface area contributed by atoms with Crippen molar-refractivity contribution in [3.63, 3.8) is 0 Å². The molecule has 112 valence electrons. The summed E-state index contributed by atoms with van der Waals surface area (Å²) < 4.78 is 0. The van der Waals surface area contributed by atoms with Gasteiger partial charge in [0.05, 0.1) is 6.54 Å². The maximum atomic E-state index is 12.6. The van der Waals surface area contributed by atoms with Crippen LogP contribution in [0.4, 0.5) is 0 Å². The molecule has 0 aromatic carbocycles. The molecule has 0 spiro atoms. The molecule has 1 saturated carbocycles. The van der Waals surface area contributed by atoms with Gasteiger partial charge in [-0.2, -0.15) is 0 Å². The van der Waals surface area contributed by atoms with Crippen molar-refractivity contribution < 1.29 is 9.59 Å². The fourth-order valence-corrected chi connectivity index (χ4v) is 3.23. The van der Waals surface area contributed by atoms with Crippen molar-refractivity contribution in [1.82, 2.24) is 20.2 Å². The van der Waals surface area contributed by atoms with E-state index in [1.54, 1.807) is 23.4 Å². The van der Waals surface area contributed by atoms with Crippen LogP contribution >= 0.6 is 0 Å². The Bertz CT molecular complexity index is 514. The number of carbonyl (C=O) groups excluding carboxylic acids is 2. The minimum absolute atomic E-state index is 0.00829. The third kappa shape index (κ3) is 3.20. The number of nitrogens with zero attached hydrogens (tertiary/aromatic N) is 3. The topological polar surface area (TPSA) is 75.2 Å². The summed E-state index contributed by atoms with van der Waals surface area (Å²) in [6.07, 6.45) is 8.86. The van der Waals surface area contributed by atoms with Crippen molar-refractivity contribution in [3.05, 3.63) is 24.3 Å². The summed E-state index contributed by atoms with van der Waals surface area (Å²) in [4.78, 5) is 34.4. The van der Waals surface area contributed by atoms with Gasteiger partial charge in [0.2, 0.25) is 11.8 Å². The van der Waals surface area contributed by atoms with Crippen LogP contribution in [0.2, 0.25) is 0 Å². The Labute approximate surface area is 124 Å². The highest BCUT2D eigenvalue weighted by Crippen LogP contribution is 2.28. The van der Waals surface area contributed by atoms with E-state index in [1.165, 1.54) is 6.42 Å². The van der Waals surface area contributed by atoms with Gasteiger partial charge < -0.3 is 10.2 Å². The van der Waals surface area contributed by atoms with Gasteiger partial charge >= 0.3 is 0 Å². The monoisotopic (exact) mass is 288 g/mol. The highest BCUT2D eigenvalue weighted by molar-refractivity contribution is 5.95. The fraction of sp³-hybridized carbons (Fsp3) is 0.600. The predicted octanol–water partition coefficient (Wildman–Crippen LogP) is 0.884. The second-order valence-corrected chi connectivity index (χ2v) is 5.80. The van der Waals surface area contributed by atoms with Crippen molar-refractivity contribution in [2.24, 2.45) is 5.92 Å². The average molecular weight is 288 g/mol.